The van der Waals surface area contributed by atoms with Crippen LogP contribution in [0.2, 0.25) is 0 Å². The highest BCUT2D eigenvalue weighted by Crippen LogP contribution is 2.40. The van der Waals surface area contributed by atoms with E-state index < -0.39 is 0 Å². The van der Waals surface area contributed by atoms with Crippen molar-refractivity contribution in [2.45, 2.75) is 64.2 Å². The molecule has 2 saturated heterocycles. The highest BCUT2D eigenvalue weighted by atomic mass is 16.7. The molecule has 2 aliphatic heterocycles. The Morgan fingerprint density at radius 1 is 1.00 bits per heavy atom. The zero-order chi connectivity index (χ0) is 15.5. The number of benzene rings is 1. The van der Waals surface area contributed by atoms with Gasteiger partial charge in [0.25, 0.3) is 0 Å². The van der Waals surface area contributed by atoms with Crippen LogP contribution in [0.3, 0.4) is 0 Å². The van der Waals surface area contributed by atoms with Gasteiger partial charge in [-0.15, -0.1) is 0 Å². The van der Waals surface area contributed by atoms with Crippen LogP contribution >= 0.6 is 0 Å². The number of hydrogen-bond acceptors (Lipinski definition) is 3. The Morgan fingerprint density at radius 2 is 1.64 bits per heavy atom. The van der Waals surface area contributed by atoms with Gasteiger partial charge in [-0.25, -0.2) is 0 Å². The Morgan fingerprint density at radius 3 is 2.14 bits per heavy atom. The van der Waals surface area contributed by atoms with Crippen LogP contribution in [0.1, 0.15) is 47.0 Å². The molecule has 2 heterocycles. The number of fused-ring (bicyclic) bond motifs is 2. The van der Waals surface area contributed by atoms with Gasteiger partial charge >= 0.3 is 7.12 Å². The van der Waals surface area contributed by atoms with Crippen LogP contribution in [0.15, 0.2) is 24.3 Å². The van der Waals surface area contributed by atoms with Gasteiger partial charge in [-0.1, -0.05) is 12.1 Å². The number of hydrogen-bond donors (Lipinski definition) is 0. The molecule has 1 aromatic carbocycles. The Balaban J connectivity index is 1.51. The second-order valence-electron chi connectivity index (χ2n) is 8.17. The largest absolute Gasteiger partial charge is 0.494 e. The summed E-state index contributed by atoms with van der Waals surface area (Å²) >= 11 is 0. The highest BCUT2D eigenvalue weighted by Gasteiger charge is 2.51. The van der Waals surface area contributed by atoms with Gasteiger partial charge in [0, 0.05) is 18.3 Å². The number of piperidine rings is 1. The van der Waals surface area contributed by atoms with Crippen LogP contribution in [-0.2, 0) is 9.31 Å². The van der Waals surface area contributed by atoms with Gasteiger partial charge in [0.15, 0.2) is 0 Å². The molecule has 3 fully saturated rings. The van der Waals surface area contributed by atoms with E-state index in [0.717, 1.165) is 17.4 Å². The first-order valence-electron chi connectivity index (χ1n) is 8.58. The average Bonchev–Trinajstić information content (AvgIpc) is 3.13. The van der Waals surface area contributed by atoms with Crippen molar-refractivity contribution in [3.8, 4) is 0 Å². The van der Waals surface area contributed by atoms with Crippen LogP contribution in [0.4, 0.5) is 5.69 Å². The minimum Gasteiger partial charge on any atom is -0.399 e. The summed E-state index contributed by atoms with van der Waals surface area (Å²) in [5.74, 6) is 0.924. The van der Waals surface area contributed by atoms with Gasteiger partial charge in [0.1, 0.15) is 0 Å². The fourth-order valence-corrected chi connectivity index (χ4v) is 4.04. The number of nitrogens with zero attached hydrogens (tertiary/aromatic N) is 1. The molecule has 0 radical (unpaired) electrons. The minimum absolute atomic E-state index is 0.255. The first kappa shape index (κ1) is 14.6. The van der Waals surface area contributed by atoms with Crippen molar-refractivity contribution < 1.29 is 9.31 Å². The zero-order valence-electron chi connectivity index (χ0n) is 14.1. The molecule has 118 valence electrons. The molecule has 0 N–H and O–H groups in total. The summed E-state index contributed by atoms with van der Waals surface area (Å²) in [6.45, 7) is 9.63. The maximum absolute atomic E-state index is 6.13. The van der Waals surface area contributed by atoms with Crippen molar-refractivity contribution in [1.29, 1.82) is 0 Å². The van der Waals surface area contributed by atoms with Crippen molar-refractivity contribution in [2.24, 2.45) is 5.92 Å². The van der Waals surface area contributed by atoms with Crippen molar-refractivity contribution in [3.05, 3.63) is 24.3 Å². The summed E-state index contributed by atoms with van der Waals surface area (Å²) in [6.07, 6.45) is 4.18. The molecule has 0 unspecified atom stereocenters. The summed E-state index contributed by atoms with van der Waals surface area (Å²) < 4.78 is 12.3. The molecule has 1 aromatic rings. The molecule has 0 amide bonds. The second kappa shape index (κ2) is 4.75. The van der Waals surface area contributed by atoms with Crippen molar-refractivity contribution in [2.75, 3.05) is 11.4 Å². The van der Waals surface area contributed by atoms with E-state index in [4.69, 9.17) is 9.31 Å². The van der Waals surface area contributed by atoms with Crippen LogP contribution < -0.4 is 10.4 Å². The summed E-state index contributed by atoms with van der Waals surface area (Å²) in [5.41, 5.74) is 1.92. The van der Waals surface area contributed by atoms with E-state index in [9.17, 15) is 0 Å². The molecule has 4 heteroatoms. The lowest BCUT2D eigenvalue weighted by Gasteiger charge is -2.32. The summed E-state index contributed by atoms with van der Waals surface area (Å²) in [5, 5.41) is 0. The summed E-state index contributed by atoms with van der Waals surface area (Å²) in [7, 11) is -0.255. The fraction of sp³-hybridized carbons (Fsp3) is 0.667. The summed E-state index contributed by atoms with van der Waals surface area (Å²) in [6, 6.07) is 9.59. The zero-order valence-corrected chi connectivity index (χ0v) is 14.1. The molecule has 1 saturated carbocycles. The molecule has 1 aliphatic carbocycles. The van der Waals surface area contributed by atoms with Gasteiger partial charge in [-0.05, 0) is 70.5 Å². The lowest BCUT2D eigenvalue weighted by Crippen LogP contribution is -2.41. The quantitative estimate of drug-likeness (QED) is 0.784. The molecule has 2 atom stereocenters. The molecule has 0 aromatic heterocycles. The van der Waals surface area contributed by atoms with Crippen LogP contribution in [-0.4, -0.2) is 30.9 Å². The lowest BCUT2D eigenvalue weighted by atomic mass is 9.79. The molecule has 22 heavy (non-hydrogen) atoms. The SMILES string of the molecule is CC1(C)OB(c2ccc(N3C[C@@H]4CC[C@H]3C4)cc2)OC1(C)C. The standard InChI is InChI=1S/C18H26BNO2/c1-17(2)18(3,4)22-19(21-17)14-6-9-15(10-7-14)20-12-13-5-8-16(20)11-13/h6-7,9-10,13,16H,5,8,11-12H2,1-4H3/t13-,16+/m1/s1. The molecular formula is C18H26BNO2. The Kier molecular flexibility index (Phi) is 3.15. The Labute approximate surface area is 134 Å². The van der Waals surface area contributed by atoms with Gasteiger partial charge in [-0.2, -0.15) is 0 Å². The smallest absolute Gasteiger partial charge is 0.399 e. The molecule has 0 spiro atoms. The normalized spacial score (nSPS) is 32.0. The molecule has 2 bridgehead atoms. The van der Waals surface area contributed by atoms with Gasteiger partial charge < -0.3 is 14.2 Å². The highest BCUT2D eigenvalue weighted by molar-refractivity contribution is 6.62. The summed E-state index contributed by atoms with van der Waals surface area (Å²) in [4.78, 5) is 2.59. The second-order valence-corrected chi connectivity index (χ2v) is 8.17. The monoisotopic (exact) mass is 299 g/mol. The first-order chi connectivity index (χ1) is 10.4. The minimum atomic E-state index is -0.273. The van der Waals surface area contributed by atoms with Crippen molar-refractivity contribution in [1.82, 2.24) is 0 Å². The van der Waals surface area contributed by atoms with E-state index in [2.05, 4.69) is 56.9 Å². The third-order valence-electron chi connectivity index (χ3n) is 6.16. The molecule has 4 rings (SSSR count). The van der Waals surface area contributed by atoms with Gasteiger partial charge in [0.05, 0.1) is 11.2 Å². The maximum atomic E-state index is 6.13. The predicted molar refractivity (Wildman–Crippen MR) is 90.6 cm³/mol. The topological polar surface area (TPSA) is 21.7 Å². The fourth-order valence-electron chi connectivity index (χ4n) is 4.04. The predicted octanol–water partition coefficient (Wildman–Crippen LogP) is 2.97. The molecule has 3 aliphatic rings. The lowest BCUT2D eigenvalue weighted by molar-refractivity contribution is 0.00578. The van der Waals surface area contributed by atoms with E-state index in [1.807, 2.05) is 0 Å². The van der Waals surface area contributed by atoms with Gasteiger partial charge in [-0.3, -0.25) is 0 Å². The first-order valence-corrected chi connectivity index (χ1v) is 8.58. The van der Waals surface area contributed by atoms with Crippen molar-refractivity contribution >= 4 is 18.3 Å². The Hall–Kier alpha value is -0.995. The maximum Gasteiger partial charge on any atom is 0.494 e. The third-order valence-corrected chi connectivity index (χ3v) is 6.16. The Bertz CT molecular complexity index is 553. The van der Waals surface area contributed by atoms with E-state index in [1.54, 1.807) is 0 Å². The van der Waals surface area contributed by atoms with E-state index in [0.29, 0.717) is 0 Å². The van der Waals surface area contributed by atoms with Gasteiger partial charge in [0.2, 0.25) is 0 Å². The van der Waals surface area contributed by atoms with E-state index in [-0.39, 0.29) is 18.3 Å². The van der Waals surface area contributed by atoms with Crippen LogP contribution in [0, 0.1) is 5.92 Å². The molecular weight excluding hydrogens is 273 g/mol. The van der Waals surface area contributed by atoms with E-state index >= 15 is 0 Å². The average molecular weight is 299 g/mol. The van der Waals surface area contributed by atoms with Crippen LogP contribution in [0.25, 0.3) is 0 Å². The molecule has 3 nitrogen and oxygen atoms in total. The number of anilines is 1. The number of rotatable bonds is 2. The third kappa shape index (κ3) is 2.19. The van der Waals surface area contributed by atoms with Crippen LogP contribution in [0.5, 0.6) is 0 Å². The van der Waals surface area contributed by atoms with E-state index in [1.165, 1.54) is 31.5 Å². The van der Waals surface area contributed by atoms with Crippen molar-refractivity contribution in [3.63, 3.8) is 0 Å².